The lowest BCUT2D eigenvalue weighted by atomic mass is 10.1. The van der Waals surface area contributed by atoms with Crippen molar-refractivity contribution in [3.63, 3.8) is 0 Å². The maximum absolute atomic E-state index is 11.4. The molecule has 4 heteroatoms. The van der Waals surface area contributed by atoms with E-state index >= 15 is 0 Å². The number of hydrogen-bond donors (Lipinski definition) is 0. The van der Waals surface area contributed by atoms with E-state index in [1.165, 1.54) is 13.5 Å². The molecule has 1 aromatic heterocycles. The van der Waals surface area contributed by atoms with Crippen molar-refractivity contribution < 1.29 is 13.9 Å². The van der Waals surface area contributed by atoms with Crippen LogP contribution >= 0.6 is 0 Å². The van der Waals surface area contributed by atoms with Gasteiger partial charge in [0.2, 0.25) is 5.76 Å². The van der Waals surface area contributed by atoms with E-state index < -0.39 is 5.97 Å². The summed E-state index contributed by atoms with van der Waals surface area (Å²) >= 11 is 0. The molecule has 0 unspecified atom stereocenters. The molecule has 1 aromatic carbocycles. The van der Waals surface area contributed by atoms with Gasteiger partial charge in [-0.3, -0.25) is 0 Å². The Morgan fingerprint density at radius 2 is 2.00 bits per heavy atom. The molecule has 0 fully saturated rings. The zero-order chi connectivity index (χ0) is 11.5. The normalized spacial score (nSPS) is 10.1. The van der Waals surface area contributed by atoms with E-state index in [-0.39, 0.29) is 5.76 Å². The summed E-state index contributed by atoms with van der Waals surface area (Å²) in [6.07, 6.45) is 1.24. The smallest absolute Gasteiger partial charge is 0.376 e. The van der Waals surface area contributed by atoms with Crippen LogP contribution in [0, 0.1) is 6.92 Å². The van der Waals surface area contributed by atoms with Gasteiger partial charge in [-0.25, -0.2) is 9.78 Å². The maximum atomic E-state index is 11.4. The number of methoxy groups -OCH3 is 1. The molecule has 0 bridgehead atoms. The van der Waals surface area contributed by atoms with Crippen molar-refractivity contribution in [2.24, 2.45) is 0 Å². The fraction of sp³-hybridized carbons (Fsp3) is 0.167. The summed E-state index contributed by atoms with van der Waals surface area (Å²) in [6.45, 7) is 1.99. The number of esters is 1. The van der Waals surface area contributed by atoms with Crippen molar-refractivity contribution in [1.29, 1.82) is 0 Å². The van der Waals surface area contributed by atoms with Gasteiger partial charge in [-0.15, -0.1) is 0 Å². The molecule has 0 amide bonds. The number of rotatable bonds is 2. The quantitative estimate of drug-likeness (QED) is 0.725. The second kappa shape index (κ2) is 4.18. The minimum absolute atomic E-state index is 0.131. The van der Waals surface area contributed by atoms with Crippen LogP contribution in [0.3, 0.4) is 0 Å². The number of oxazole rings is 1. The van der Waals surface area contributed by atoms with Crippen molar-refractivity contribution >= 4 is 5.97 Å². The Labute approximate surface area is 92.9 Å². The third-order valence-electron chi connectivity index (χ3n) is 2.26. The summed E-state index contributed by atoms with van der Waals surface area (Å²) in [6, 6.07) is 7.68. The van der Waals surface area contributed by atoms with Gasteiger partial charge in [-0.1, -0.05) is 29.8 Å². The van der Waals surface area contributed by atoms with Gasteiger partial charge in [0.1, 0.15) is 5.69 Å². The molecular formula is C12H11NO3. The van der Waals surface area contributed by atoms with Crippen LogP contribution in [0.4, 0.5) is 0 Å². The molecule has 0 aliphatic heterocycles. The molecule has 82 valence electrons. The molecule has 2 aromatic rings. The Morgan fingerprint density at radius 3 is 2.62 bits per heavy atom. The number of nitrogens with zero attached hydrogens (tertiary/aromatic N) is 1. The van der Waals surface area contributed by atoms with Gasteiger partial charge in [0.25, 0.3) is 0 Å². The second-order valence-electron chi connectivity index (χ2n) is 3.39. The van der Waals surface area contributed by atoms with Gasteiger partial charge in [-0.2, -0.15) is 0 Å². The highest BCUT2D eigenvalue weighted by Crippen LogP contribution is 2.22. The summed E-state index contributed by atoms with van der Waals surface area (Å²) in [7, 11) is 1.31. The Bertz CT molecular complexity index is 499. The largest absolute Gasteiger partial charge is 0.463 e. The van der Waals surface area contributed by atoms with Gasteiger partial charge in [0.15, 0.2) is 6.39 Å². The predicted molar refractivity (Wildman–Crippen MR) is 58.0 cm³/mol. The zero-order valence-electron chi connectivity index (χ0n) is 9.06. The van der Waals surface area contributed by atoms with Crippen LogP contribution in [0.2, 0.25) is 0 Å². The highest BCUT2D eigenvalue weighted by atomic mass is 16.5. The van der Waals surface area contributed by atoms with Crippen LogP contribution in [0.25, 0.3) is 11.3 Å². The van der Waals surface area contributed by atoms with Crippen LogP contribution in [0.15, 0.2) is 35.1 Å². The minimum atomic E-state index is -0.520. The first-order valence-corrected chi connectivity index (χ1v) is 4.81. The van der Waals surface area contributed by atoms with E-state index in [0.717, 1.165) is 11.1 Å². The average Bonchev–Trinajstić information content (AvgIpc) is 2.78. The van der Waals surface area contributed by atoms with Crippen LogP contribution in [-0.4, -0.2) is 18.1 Å². The monoisotopic (exact) mass is 217 g/mol. The van der Waals surface area contributed by atoms with E-state index in [1.54, 1.807) is 0 Å². The Balaban J connectivity index is 2.44. The minimum Gasteiger partial charge on any atom is -0.463 e. The molecule has 0 radical (unpaired) electrons. The molecule has 0 aliphatic rings. The second-order valence-corrected chi connectivity index (χ2v) is 3.39. The summed E-state index contributed by atoms with van der Waals surface area (Å²) in [5.74, 6) is -0.389. The topological polar surface area (TPSA) is 52.3 Å². The number of aryl methyl sites for hydroxylation is 1. The molecule has 0 N–H and O–H groups in total. The lowest BCUT2D eigenvalue weighted by molar-refractivity contribution is 0.0566. The van der Waals surface area contributed by atoms with E-state index in [2.05, 4.69) is 9.72 Å². The van der Waals surface area contributed by atoms with Crippen molar-refractivity contribution in [2.45, 2.75) is 6.92 Å². The third-order valence-corrected chi connectivity index (χ3v) is 2.26. The van der Waals surface area contributed by atoms with Crippen LogP contribution < -0.4 is 0 Å². The number of carbonyl (C=O) groups is 1. The average molecular weight is 217 g/mol. The van der Waals surface area contributed by atoms with Crippen LogP contribution in [0.1, 0.15) is 16.1 Å². The van der Waals surface area contributed by atoms with E-state index in [0.29, 0.717) is 5.69 Å². The van der Waals surface area contributed by atoms with Crippen LogP contribution in [0.5, 0.6) is 0 Å². The van der Waals surface area contributed by atoms with E-state index in [1.807, 2.05) is 31.2 Å². The molecule has 0 atom stereocenters. The molecule has 4 nitrogen and oxygen atoms in total. The Kier molecular flexibility index (Phi) is 2.72. The van der Waals surface area contributed by atoms with E-state index in [4.69, 9.17) is 4.42 Å². The molecule has 0 saturated heterocycles. The summed E-state index contributed by atoms with van der Waals surface area (Å²) < 4.78 is 9.62. The van der Waals surface area contributed by atoms with Gasteiger partial charge < -0.3 is 9.15 Å². The fourth-order valence-corrected chi connectivity index (χ4v) is 1.40. The molecule has 0 spiro atoms. The predicted octanol–water partition coefficient (Wildman–Crippen LogP) is 2.44. The number of aromatic nitrogens is 1. The maximum Gasteiger partial charge on any atom is 0.376 e. The first-order chi connectivity index (χ1) is 7.72. The first-order valence-electron chi connectivity index (χ1n) is 4.81. The fourth-order valence-electron chi connectivity index (χ4n) is 1.40. The summed E-state index contributed by atoms with van der Waals surface area (Å²) in [5, 5.41) is 0. The van der Waals surface area contributed by atoms with Crippen molar-refractivity contribution in [2.75, 3.05) is 7.11 Å². The standard InChI is InChI=1S/C12H11NO3/c1-8-3-5-9(6-4-8)10-11(12(14)15-2)16-7-13-10/h3-7H,1-2H3. The molecule has 1 heterocycles. The number of ether oxygens (including phenoxy) is 1. The number of hydrogen-bond acceptors (Lipinski definition) is 4. The Morgan fingerprint density at radius 1 is 1.31 bits per heavy atom. The molecule has 2 rings (SSSR count). The van der Waals surface area contributed by atoms with Gasteiger partial charge in [0.05, 0.1) is 7.11 Å². The third kappa shape index (κ3) is 1.82. The molecule has 0 saturated carbocycles. The summed E-state index contributed by atoms with van der Waals surface area (Å²) in [5.41, 5.74) is 2.48. The van der Waals surface area contributed by atoms with Gasteiger partial charge in [0, 0.05) is 5.56 Å². The molecular weight excluding hydrogens is 206 g/mol. The number of benzene rings is 1. The zero-order valence-corrected chi connectivity index (χ0v) is 9.06. The molecule has 16 heavy (non-hydrogen) atoms. The number of carbonyl (C=O) groups excluding carboxylic acids is 1. The Hall–Kier alpha value is -2.10. The summed E-state index contributed by atoms with van der Waals surface area (Å²) in [4.78, 5) is 15.4. The van der Waals surface area contributed by atoms with Crippen molar-refractivity contribution in [3.05, 3.63) is 42.0 Å². The van der Waals surface area contributed by atoms with E-state index in [9.17, 15) is 4.79 Å². The lowest BCUT2D eigenvalue weighted by Gasteiger charge is -2.00. The highest BCUT2D eigenvalue weighted by molar-refractivity contribution is 5.92. The first kappa shape index (κ1) is 10.4. The van der Waals surface area contributed by atoms with Crippen LogP contribution in [-0.2, 0) is 4.74 Å². The SMILES string of the molecule is COC(=O)c1ocnc1-c1ccc(C)cc1. The van der Waals surface area contributed by atoms with Gasteiger partial charge >= 0.3 is 5.97 Å². The molecule has 0 aliphatic carbocycles. The lowest BCUT2D eigenvalue weighted by Crippen LogP contribution is -2.01. The highest BCUT2D eigenvalue weighted by Gasteiger charge is 2.18. The van der Waals surface area contributed by atoms with Gasteiger partial charge in [-0.05, 0) is 6.92 Å². The van der Waals surface area contributed by atoms with Crippen molar-refractivity contribution in [3.8, 4) is 11.3 Å². The van der Waals surface area contributed by atoms with Crippen molar-refractivity contribution in [1.82, 2.24) is 4.98 Å².